The van der Waals surface area contributed by atoms with Crippen molar-refractivity contribution in [3.63, 3.8) is 0 Å². The van der Waals surface area contributed by atoms with Gasteiger partial charge in [-0.15, -0.1) is 0 Å². The van der Waals surface area contributed by atoms with Gasteiger partial charge in [0.25, 0.3) is 5.91 Å². The molecule has 0 saturated heterocycles. The number of hydrogen-bond donors (Lipinski definition) is 0. The molecular weight excluding hydrogens is 364 g/mol. The van der Waals surface area contributed by atoms with Crippen molar-refractivity contribution in [2.75, 3.05) is 32.1 Å². The molecular formula is C24H30N2O3. The summed E-state index contributed by atoms with van der Waals surface area (Å²) in [6.07, 6.45) is 0.443. The summed E-state index contributed by atoms with van der Waals surface area (Å²) in [5.41, 5.74) is 3.59. The van der Waals surface area contributed by atoms with Gasteiger partial charge in [0.1, 0.15) is 6.54 Å². The first-order chi connectivity index (χ1) is 13.7. The van der Waals surface area contributed by atoms with Gasteiger partial charge in [0, 0.05) is 37.5 Å². The number of carbonyl (C=O) groups is 2. The van der Waals surface area contributed by atoms with Crippen molar-refractivity contribution in [1.29, 1.82) is 0 Å². The van der Waals surface area contributed by atoms with Gasteiger partial charge in [0.05, 0.1) is 6.10 Å². The van der Waals surface area contributed by atoms with E-state index >= 15 is 0 Å². The fourth-order valence-electron chi connectivity index (χ4n) is 3.69. The molecule has 5 heteroatoms. The van der Waals surface area contributed by atoms with Gasteiger partial charge in [-0.3, -0.25) is 9.59 Å². The molecule has 0 saturated carbocycles. The third-order valence-electron chi connectivity index (χ3n) is 5.58. The molecule has 1 aliphatic heterocycles. The maximum absolute atomic E-state index is 13.2. The summed E-state index contributed by atoms with van der Waals surface area (Å²) < 4.78 is 5.70. The fourth-order valence-corrected chi connectivity index (χ4v) is 3.69. The molecule has 2 aromatic carbocycles. The van der Waals surface area contributed by atoms with Crippen LogP contribution in [0.3, 0.4) is 0 Å². The highest BCUT2D eigenvalue weighted by Crippen LogP contribution is 2.31. The Kier molecular flexibility index (Phi) is 6.08. The van der Waals surface area contributed by atoms with E-state index in [1.807, 2.05) is 48.5 Å². The number of ether oxygens (including phenoxy) is 1. The molecule has 0 bridgehead atoms. The lowest BCUT2D eigenvalue weighted by molar-refractivity contribution is -0.119. The van der Waals surface area contributed by atoms with Gasteiger partial charge in [-0.2, -0.15) is 0 Å². The Balaban J connectivity index is 1.88. The van der Waals surface area contributed by atoms with Crippen LogP contribution in [-0.2, 0) is 14.9 Å². The number of hydrogen-bond acceptors (Lipinski definition) is 3. The monoisotopic (exact) mass is 394 g/mol. The van der Waals surface area contributed by atoms with E-state index in [1.54, 1.807) is 24.0 Å². The van der Waals surface area contributed by atoms with Gasteiger partial charge in [0.15, 0.2) is 0 Å². The molecule has 1 unspecified atom stereocenters. The Morgan fingerprint density at radius 1 is 1.07 bits per heavy atom. The molecule has 1 atom stereocenters. The first-order valence-corrected chi connectivity index (χ1v) is 10.0. The first-order valence-electron chi connectivity index (χ1n) is 10.0. The quantitative estimate of drug-likeness (QED) is 0.768. The number of fused-ring (bicyclic) bond motifs is 1. The van der Waals surface area contributed by atoms with Crippen molar-refractivity contribution in [3.8, 4) is 0 Å². The lowest BCUT2D eigenvalue weighted by Crippen LogP contribution is -2.41. The number of para-hydroxylation sites is 1. The van der Waals surface area contributed by atoms with Gasteiger partial charge in [0.2, 0.25) is 5.91 Å². The van der Waals surface area contributed by atoms with Crippen LogP contribution in [-0.4, -0.2) is 44.0 Å². The van der Waals surface area contributed by atoms with Gasteiger partial charge in [-0.05, 0) is 35.6 Å². The number of benzene rings is 2. The van der Waals surface area contributed by atoms with E-state index in [-0.39, 0.29) is 29.9 Å². The molecule has 2 amide bonds. The van der Waals surface area contributed by atoms with Crippen LogP contribution in [0.25, 0.3) is 0 Å². The molecule has 154 valence electrons. The van der Waals surface area contributed by atoms with Crippen molar-refractivity contribution < 1.29 is 14.3 Å². The number of methoxy groups -OCH3 is 1. The van der Waals surface area contributed by atoms with Gasteiger partial charge in [-0.1, -0.05) is 51.1 Å². The average molecular weight is 395 g/mol. The molecule has 0 fully saturated rings. The molecule has 1 aliphatic rings. The predicted octanol–water partition coefficient (Wildman–Crippen LogP) is 4.18. The summed E-state index contributed by atoms with van der Waals surface area (Å²) in [6, 6.07) is 15.4. The smallest absolute Gasteiger partial charge is 0.254 e. The van der Waals surface area contributed by atoms with E-state index in [4.69, 9.17) is 4.74 Å². The second-order valence-electron chi connectivity index (χ2n) is 8.58. The minimum atomic E-state index is -0.182. The Labute approximate surface area is 173 Å². The lowest BCUT2D eigenvalue weighted by atomic mass is 9.86. The van der Waals surface area contributed by atoms with Crippen LogP contribution in [0.5, 0.6) is 0 Å². The highest BCUT2D eigenvalue weighted by molar-refractivity contribution is 6.00. The third kappa shape index (κ3) is 4.51. The van der Waals surface area contributed by atoms with Gasteiger partial charge >= 0.3 is 0 Å². The summed E-state index contributed by atoms with van der Waals surface area (Å²) in [7, 11) is 3.42. The largest absolute Gasteiger partial charge is 0.377 e. The SMILES string of the molecule is COC1CCN(C(=O)c2ccc(C(C)(C)C)cc2)CC(=O)N(C)c2ccccc21. The maximum atomic E-state index is 13.2. The van der Waals surface area contributed by atoms with Crippen molar-refractivity contribution in [1.82, 2.24) is 4.90 Å². The standard InChI is InChI=1S/C24H30N2O3/c1-24(2,3)18-12-10-17(11-13-18)23(28)26-15-14-21(29-5)19-8-6-7-9-20(19)25(4)22(27)16-26/h6-13,21H,14-16H2,1-5H3. The minimum Gasteiger partial charge on any atom is -0.377 e. The summed E-state index contributed by atoms with van der Waals surface area (Å²) in [5.74, 6) is -0.248. The van der Waals surface area contributed by atoms with Crippen LogP contribution in [0.4, 0.5) is 5.69 Å². The van der Waals surface area contributed by atoms with E-state index < -0.39 is 0 Å². The molecule has 0 N–H and O–H groups in total. The Morgan fingerprint density at radius 3 is 2.34 bits per heavy atom. The van der Waals surface area contributed by atoms with E-state index in [0.29, 0.717) is 18.5 Å². The highest BCUT2D eigenvalue weighted by Gasteiger charge is 2.28. The predicted molar refractivity (Wildman–Crippen MR) is 115 cm³/mol. The molecule has 0 aromatic heterocycles. The normalized spacial score (nSPS) is 18.0. The maximum Gasteiger partial charge on any atom is 0.254 e. The first kappa shape index (κ1) is 21.1. The van der Waals surface area contributed by atoms with E-state index in [2.05, 4.69) is 20.8 Å². The number of anilines is 1. The molecule has 0 aliphatic carbocycles. The van der Waals surface area contributed by atoms with Crippen LogP contribution >= 0.6 is 0 Å². The zero-order valence-corrected chi connectivity index (χ0v) is 17.9. The zero-order valence-electron chi connectivity index (χ0n) is 17.9. The minimum absolute atomic E-state index is 0.0240. The Bertz CT molecular complexity index is 884. The van der Waals surface area contributed by atoms with E-state index in [9.17, 15) is 9.59 Å². The number of rotatable bonds is 2. The molecule has 1 heterocycles. The molecule has 0 spiro atoms. The second-order valence-corrected chi connectivity index (χ2v) is 8.58. The lowest BCUT2D eigenvalue weighted by Gasteiger charge is -2.25. The van der Waals surface area contributed by atoms with Crippen molar-refractivity contribution >= 4 is 17.5 Å². The Morgan fingerprint density at radius 2 is 1.72 bits per heavy atom. The highest BCUT2D eigenvalue weighted by atomic mass is 16.5. The molecule has 2 aromatic rings. The number of amides is 2. The summed E-state index contributed by atoms with van der Waals surface area (Å²) >= 11 is 0. The van der Waals surface area contributed by atoms with E-state index in [0.717, 1.165) is 11.3 Å². The van der Waals surface area contributed by atoms with Crippen molar-refractivity contribution in [2.24, 2.45) is 0 Å². The molecule has 5 nitrogen and oxygen atoms in total. The number of likely N-dealkylation sites (N-methyl/N-ethyl adjacent to an activating group) is 1. The van der Waals surface area contributed by atoms with Crippen LogP contribution in [0.1, 0.15) is 54.8 Å². The topological polar surface area (TPSA) is 49.9 Å². The van der Waals surface area contributed by atoms with Crippen molar-refractivity contribution in [3.05, 3.63) is 65.2 Å². The van der Waals surface area contributed by atoms with Crippen molar-refractivity contribution in [2.45, 2.75) is 38.7 Å². The fraction of sp³-hybridized carbons (Fsp3) is 0.417. The van der Waals surface area contributed by atoms with Crippen LogP contribution in [0.2, 0.25) is 0 Å². The van der Waals surface area contributed by atoms with Gasteiger partial charge < -0.3 is 14.5 Å². The zero-order chi connectivity index (χ0) is 21.2. The number of nitrogens with zero attached hydrogens (tertiary/aromatic N) is 2. The van der Waals surface area contributed by atoms with E-state index in [1.165, 1.54) is 5.56 Å². The van der Waals surface area contributed by atoms with Crippen LogP contribution in [0, 0.1) is 0 Å². The molecule has 0 radical (unpaired) electrons. The summed E-state index contributed by atoms with van der Waals surface area (Å²) in [4.78, 5) is 29.3. The van der Waals surface area contributed by atoms with Crippen LogP contribution < -0.4 is 4.90 Å². The van der Waals surface area contributed by atoms with Gasteiger partial charge in [-0.25, -0.2) is 0 Å². The average Bonchev–Trinajstić information content (AvgIpc) is 2.76. The Hall–Kier alpha value is -2.66. The third-order valence-corrected chi connectivity index (χ3v) is 5.58. The summed E-state index contributed by atoms with van der Waals surface area (Å²) in [5, 5.41) is 0. The van der Waals surface area contributed by atoms with Crippen LogP contribution in [0.15, 0.2) is 48.5 Å². The second kappa shape index (κ2) is 8.37. The number of carbonyl (C=O) groups excluding carboxylic acids is 2. The molecule has 3 rings (SSSR count). The molecule has 29 heavy (non-hydrogen) atoms. The summed E-state index contributed by atoms with van der Waals surface area (Å²) in [6.45, 7) is 6.92.